The lowest BCUT2D eigenvalue weighted by Crippen LogP contribution is -2.36. The number of fused-ring (bicyclic) bond motifs is 3. The number of benzene rings is 2. The summed E-state index contributed by atoms with van der Waals surface area (Å²) in [5.41, 5.74) is 2.81. The molecular formula is C18H19NO. The molecule has 2 nitrogen and oxygen atoms in total. The van der Waals surface area contributed by atoms with E-state index in [2.05, 4.69) is 55.3 Å². The Morgan fingerprint density at radius 1 is 1.15 bits per heavy atom. The van der Waals surface area contributed by atoms with Gasteiger partial charge in [0.25, 0.3) is 0 Å². The van der Waals surface area contributed by atoms with Gasteiger partial charge in [-0.3, -0.25) is 0 Å². The quantitative estimate of drug-likeness (QED) is 0.721. The molecule has 0 bridgehead atoms. The van der Waals surface area contributed by atoms with Crippen LogP contribution >= 0.6 is 0 Å². The van der Waals surface area contributed by atoms with E-state index in [9.17, 15) is 0 Å². The van der Waals surface area contributed by atoms with Gasteiger partial charge in [-0.05, 0) is 29.5 Å². The molecule has 1 atom stereocenters. The summed E-state index contributed by atoms with van der Waals surface area (Å²) in [5.74, 6) is 2.76. The van der Waals surface area contributed by atoms with Crippen LogP contribution in [-0.4, -0.2) is 25.0 Å². The first-order valence-corrected chi connectivity index (χ1v) is 7.31. The van der Waals surface area contributed by atoms with Gasteiger partial charge < -0.3 is 9.64 Å². The van der Waals surface area contributed by atoms with E-state index in [-0.39, 0.29) is 0 Å². The maximum atomic E-state index is 6.26. The summed E-state index contributed by atoms with van der Waals surface area (Å²) < 4.78 is 6.26. The Kier molecular flexibility index (Phi) is 2.61. The second-order valence-electron chi connectivity index (χ2n) is 6.11. The predicted molar refractivity (Wildman–Crippen MR) is 82.0 cm³/mol. The number of ether oxygens (including phenoxy) is 1. The highest BCUT2D eigenvalue weighted by molar-refractivity contribution is 5.88. The van der Waals surface area contributed by atoms with Gasteiger partial charge in [0, 0.05) is 31.0 Å². The van der Waals surface area contributed by atoms with Crippen molar-refractivity contribution in [3.05, 3.63) is 53.3 Å². The molecule has 1 unspecified atom stereocenters. The van der Waals surface area contributed by atoms with Crippen molar-refractivity contribution in [1.29, 1.82) is 0 Å². The fourth-order valence-electron chi connectivity index (χ4n) is 3.61. The fourth-order valence-corrected chi connectivity index (χ4v) is 3.61. The molecule has 2 aromatic rings. The summed E-state index contributed by atoms with van der Waals surface area (Å²) in [7, 11) is 2.19. The molecular weight excluding hydrogens is 246 g/mol. The highest BCUT2D eigenvalue weighted by Crippen LogP contribution is 2.39. The summed E-state index contributed by atoms with van der Waals surface area (Å²) >= 11 is 0. The monoisotopic (exact) mass is 265 g/mol. The molecule has 20 heavy (non-hydrogen) atoms. The topological polar surface area (TPSA) is 12.5 Å². The molecule has 0 spiro atoms. The summed E-state index contributed by atoms with van der Waals surface area (Å²) in [4.78, 5) is 2.39. The molecule has 102 valence electrons. The molecule has 2 heterocycles. The summed E-state index contributed by atoms with van der Waals surface area (Å²) in [6, 6.07) is 12.9. The molecule has 4 rings (SSSR count). The molecule has 2 aromatic carbocycles. The lowest BCUT2D eigenvalue weighted by Gasteiger charge is -2.35. The smallest absolute Gasteiger partial charge is 0.131 e. The van der Waals surface area contributed by atoms with E-state index < -0.39 is 0 Å². The fraction of sp³-hybridized carbons (Fsp3) is 0.333. The Bertz CT molecular complexity index is 716. The third-order valence-electron chi connectivity index (χ3n) is 4.45. The van der Waals surface area contributed by atoms with Crippen LogP contribution in [0.4, 0.5) is 0 Å². The minimum atomic E-state index is 0.489. The van der Waals surface area contributed by atoms with Gasteiger partial charge in [0.1, 0.15) is 11.5 Å². The summed E-state index contributed by atoms with van der Waals surface area (Å²) in [5, 5.41) is 2.63. The maximum Gasteiger partial charge on any atom is 0.131 e. The van der Waals surface area contributed by atoms with Crippen LogP contribution in [0.1, 0.15) is 12.5 Å². The highest BCUT2D eigenvalue weighted by atomic mass is 16.5. The van der Waals surface area contributed by atoms with E-state index in [1.54, 1.807) is 0 Å². The van der Waals surface area contributed by atoms with Crippen LogP contribution in [0.15, 0.2) is 47.7 Å². The van der Waals surface area contributed by atoms with Gasteiger partial charge in [-0.2, -0.15) is 0 Å². The Labute approximate surface area is 119 Å². The van der Waals surface area contributed by atoms with Gasteiger partial charge >= 0.3 is 0 Å². The zero-order valence-electron chi connectivity index (χ0n) is 12.0. The van der Waals surface area contributed by atoms with E-state index in [0.29, 0.717) is 5.92 Å². The number of hydrogen-bond donors (Lipinski definition) is 0. The Morgan fingerprint density at radius 3 is 2.90 bits per heavy atom. The van der Waals surface area contributed by atoms with E-state index in [4.69, 9.17) is 4.74 Å². The molecule has 0 aliphatic carbocycles. The number of likely N-dealkylation sites (N-methyl/N-ethyl adjacent to an activating group) is 1. The maximum absolute atomic E-state index is 6.26. The molecule has 0 N–H and O–H groups in total. The van der Waals surface area contributed by atoms with Gasteiger partial charge in [0.15, 0.2) is 0 Å². The molecule has 0 aromatic heterocycles. The van der Waals surface area contributed by atoms with E-state index in [0.717, 1.165) is 25.3 Å². The summed E-state index contributed by atoms with van der Waals surface area (Å²) in [6.45, 7) is 4.38. The van der Waals surface area contributed by atoms with Crippen LogP contribution in [0.3, 0.4) is 0 Å². The molecule has 0 amide bonds. The van der Waals surface area contributed by atoms with Gasteiger partial charge in [0.05, 0.1) is 0 Å². The van der Waals surface area contributed by atoms with Crippen LogP contribution in [0, 0.1) is 5.92 Å². The normalized spacial score (nSPS) is 22.4. The van der Waals surface area contributed by atoms with Crippen molar-refractivity contribution < 1.29 is 4.74 Å². The Hall–Kier alpha value is -1.80. The third-order valence-corrected chi connectivity index (χ3v) is 4.45. The number of rotatable bonds is 0. The van der Waals surface area contributed by atoms with Crippen molar-refractivity contribution >= 4 is 10.8 Å². The van der Waals surface area contributed by atoms with E-state index in [1.807, 2.05) is 0 Å². The zero-order chi connectivity index (χ0) is 13.7. The van der Waals surface area contributed by atoms with Crippen molar-refractivity contribution in [3.8, 4) is 5.75 Å². The summed E-state index contributed by atoms with van der Waals surface area (Å²) in [6.07, 6.45) is 1.03. The standard InChI is InChI=1S/C18H19NO/c1-12-10-19(2)11-14-9-16-15-6-4-3-5-13(15)7-8-17(16)20-18(12)14/h3-8,12H,9-11H2,1-2H3. The van der Waals surface area contributed by atoms with Crippen LogP contribution in [0.5, 0.6) is 5.75 Å². The Balaban J connectivity index is 1.85. The predicted octanol–water partition coefficient (Wildman–Crippen LogP) is 3.61. The van der Waals surface area contributed by atoms with Crippen LogP contribution in [0.2, 0.25) is 0 Å². The first kappa shape index (κ1) is 12.0. The van der Waals surface area contributed by atoms with Crippen LogP contribution in [-0.2, 0) is 6.42 Å². The van der Waals surface area contributed by atoms with Crippen LogP contribution in [0.25, 0.3) is 10.8 Å². The van der Waals surface area contributed by atoms with Crippen LogP contribution < -0.4 is 4.74 Å². The molecule has 0 saturated carbocycles. The highest BCUT2D eigenvalue weighted by Gasteiger charge is 2.29. The second-order valence-corrected chi connectivity index (χ2v) is 6.11. The molecule has 2 heteroatoms. The van der Waals surface area contributed by atoms with Gasteiger partial charge in [-0.15, -0.1) is 0 Å². The average Bonchev–Trinajstić information content (AvgIpc) is 2.45. The molecule has 2 aliphatic rings. The van der Waals surface area contributed by atoms with Crippen molar-refractivity contribution in [3.63, 3.8) is 0 Å². The van der Waals surface area contributed by atoms with Gasteiger partial charge in [-0.1, -0.05) is 37.3 Å². The van der Waals surface area contributed by atoms with Gasteiger partial charge in [-0.25, -0.2) is 0 Å². The SMILES string of the molecule is CC1CN(C)CC2=C1Oc1ccc3ccccc3c1C2. The second kappa shape index (κ2) is 4.35. The molecule has 0 saturated heterocycles. The molecule has 2 aliphatic heterocycles. The Morgan fingerprint density at radius 2 is 2.00 bits per heavy atom. The average molecular weight is 265 g/mol. The zero-order valence-corrected chi connectivity index (χ0v) is 12.0. The van der Waals surface area contributed by atoms with Crippen molar-refractivity contribution in [2.45, 2.75) is 13.3 Å². The number of hydrogen-bond acceptors (Lipinski definition) is 2. The first-order chi connectivity index (χ1) is 9.72. The largest absolute Gasteiger partial charge is 0.461 e. The minimum Gasteiger partial charge on any atom is -0.461 e. The number of nitrogens with zero attached hydrogens (tertiary/aromatic N) is 1. The molecule has 0 radical (unpaired) electrons. The van der Waals surface area contributed by atoms with E-state index in [1.165, 1.54) is 27.7 Å². The minimum absolute atomic E-state index is 0.489. The van der Waals surface area contributed by atoms with Crippen molar-refractivity contribution in [2.75, 3.05) is 20.1 Å². The van der Waals surface area contributed by atoms with Gasteiger partial charge in [0.2, 0.25) is 0 Å². The third kappa shape index (κ3) is 1.75. The van der Waals surface area contributed by atoms with E-state index >= 15 is 0 Å². The lowest BCUT2D eigenvalue weighted by atomic mass is 9.89. The van der Waals surface area contributed by atoms with Crippen molar-refractivity contribution in [1.82, 2.24) is 4.90 Å². The first-order valence-electron chi connectivity index (χ1n) is 7.31. The lowest BCUT2D eigenvalue weighted by molar-refractivity contribution is 0.229. The van der Waals surface area contributed by atoms with Crippen molar-refractivity contribution in [2.24, 2.45) is 5.92 Å². The molecule has 0 fully saturated rings.